The molecular weight excluding hydrogens is 584 g/mol. The first kappa shape index (κ1) is 30.4. The van der Waals surface area contributed by atoms with Crippen LogP contribution in [0.2, 0.25) is 0 Å². The first-order valence-electron chi connectivity index (χ1n) is 15.0. The number of nitrogens with zero attached hydrogens (tertiary/aromatic N) is 1. The third kappa shape index (κ3) is 5.26. The Morgan fingerprint density at radius 1 is 0.581 bits per heavy atom. The van der Waals surface area contributed by atoms with Crippen molar-refractivity contribution in [1.29, 1.82) is 0 Å². The molecule has 1 aliphatic carbocycles. The fraction of sp³-hybridized carbons (Fsp3) is 0.278. The van der Waals surface area contributed by atoms with Gasteiger partial charge in [-0.2, -0.15) is 15.4 Å². The molecule has 1 nitrogen and oxygen atoms in total. The smallest absolute Gasteiger partial charge is 0.200 e. The van der Waals surface area contributed by atoms with E-state index in [-0.39, 0.29) is 28.0 Å². The van der Waals surface area contributed by atoms with Crippen molar-refractivity contribution in [3.05, 3.63) is 145 Å². The van der Waals surface area contributed by atoms with E-state index < -0.39 is 38.1 Å². The zero-order chi connectivity index (χ0) is 30.2. The molecule has 2 atom stereocenters. The summed E-state index contributed by atoms with van der Waals surface area (Å²) in [5, 5.41) is 0.0206. The SMILES string of the molecule is [CH2-][P+](c1cccc(F)c1F)(c1cccc(F)c1F)N(C1CCCCC1)[P+]1([CH2-])[C@H](c2ccccc2)CC[C@H]1c1ccccc1. The van der Waals surface area contributed by atoms with Crippen LogP contribution in [0.25, 0.3) is 0 Å². The number of benzene rings is 4. The minimum Gasteiger partial charge on any atom is -0.204 e. The van der Waals surface area contributed by atoms with Crippen LogP contribution < -0.4 is 10.6 Å². The van der Waals surface area contributed by atoms with Crippen molar-refractivity contribution in [2.45, 2.75) is 62.3 Å². The Labute approximate surface area is 254 Å². The molecule has 0 amide bonds. The van der Waals surface area contributed by atoms with Gasteiger partial charge in [-0.1, -0.05) is 92.1 Å². The summed E-state index contributed by atoms with van der Waals surface area (Å²) in [6.07, 6.45) is 6.32. The second-order valence-electron chi connectivity index (χ2n) is 11.8. The summed E-state index contributed by atoms with van der Waals surface area (Å²) in [7, 11) is -6.26. The molecule has 6 rings (SSSR count). The van der Waals surface area contributed by atoms with Gasteiger partial charge in [-0.3, -0.25) is 0 Å². The van der Waals surface area contributed by atoms with E-state index in [1.165, 1.54) is 24.3 Å². The van der Waals surface area contributed by atoms with Crippen molar-refractivity contribution in [2.24, 2.45) is 0 Å². The Morgan fingerprint density at radius 3 is 1.47 bits per heavy atom. The molecule has 2 aliphatic rings. The van der Waals surface area contributed by atoms with Gasteiger partial charge in [-0.25, -0.2) is 8.78 Å². The van der Waals surface area contributed by atoms with Crippen molar-refractivity contribution in [2.75, 3.05) is 0 Å². The fourth-order valence-electron chi connectivity index (χ4n) is 7.55. The molecule has 1 heterocycles. The summed E-state index contributed by atoms with van der Waals surface area (Å²) >= 11 is 0. The van der Waals surface area contributed by atoms with E-state index in [4.69, 9.17) is 13.3 Å². The highest BCUT2D eigenvalue weighted by atomic mass is 31.2. The van der Waals surface area contributed by atoms with Crippen molar-refractivity contribution >= 4 is 25.4 Å². The van der Waals surface area contributed by atoms with E-state index in [1.807, 2.05) is 36.4 Å². The van der Waals surface area contributed by atoms with Crippen molar-refractivity contribution in [3.8, 4) is 0 Å². The third-order valence-electron chi connectivity index (χ3n) is 9.45. The molecule has 0 N–H and O–H groups in total. The Balaban J connectivity index is 1.70. The Kier molecular flexibility index (Phi) is 8.80. The van der Waals surface area contributed by atoms with Crippen LogP contribution in [-0.4, -0.2) is 10.5 Å². The first-order valence-corrected chi connectivity index (χ1v) is 19.0. The lowest BCUT2D eigenvalue weighted by molar-refractivity contribution is 0.346. The molecule has 0 aromatic heterocycles. The van der Waals surface area contributed by atoms with Crippen LogP contribution >= 0.6 is 14.8 Å². The van der Waals surface area contributed by atoms with E-state index >= 15 is 17.6 Å². The minimum atomic E-state index is -3.57. The van der Waals surface area contributed by atoms with Crippen LogP contribution in [0.15, 0.2) is 97.1 Å². The topological polar surface area (TPSA) is 3.24 Å². The molecule has 7 heteroatoms. The molecule has 0 bridgehead atoms. The molecule has 4 aromatic carbocycles. The van der Waals surface area contributed by atoms with Gasteiger partial charge in [0.15, 0.2) is 23.3 Å². The highest BCUT2D eigenvalue weighted by molar-refractivity contribution is 7.97. The molecule has 224 valence electrons. The maximum Gasteiger partial charge on any atom is 0.200 e. The van der Waals surface area contributed by atoms with E-state index in [9.17, 15) is 0 Å². The zero-order valence-corrected chi connectivity index (χ0v) is 26.0. The monoisotopic (exact) mass is 621 g/mol. The molecule has 1 saturated carbocycles. The normalized spacial score (nSPS) is 20.9. The first-order chi connectivity index (χ1) is 20.8. The Morgan fingerprint density at radius 2 is 1.02 bits per heavy atom. The summed E-state index contributed by atoms with van der Waals surface area (Å²) in [6, 6.07) is 28.5. The van der Waals surface area contributed by atoms with Crippen LogP contribution in [0.1, 0.15) is 67.4 Å². The standard InChI is InChI=1S/C36H37F4NP2/c1-42(31(26-14-6-3-7-15-26)24-25-32(42)27-16-8-4-9-17-27)41(28-18-10-5-11-19-28)43(2,33-22-12-20-29(37)35(33)39)34-23-13-21-30(38)36(34)40/h3-4,6-9,12-17,20-23,28,31-32H,1-2,5,10-11,18-19,24-25H2/t31-,32-/m0/s1. The maximum atomic E-state index is 16.2. The van der Waals surface area contributed by atoms with Crippen molar-refractivity contribution in [3.63, 3.8) is 0 Å². The summed E-state index contributed by atoms with van der Waals surface area (Å²) in [5.41, 5.74) is 2.26. The average Bonchev–Trinajstić information content (AvgIpc) is 3.38. The van der Waals surface area contributed by atoms with Crippen LogP contribution in [0.5, 0.6) is 0 Å². The largest absolute Gasteiger partial charge is 0.204 e. The molecule has 43 heavy (non-hydrogen) atoms. The lowest BCUT2D eigenvalue weighted by atomic mass is 9.96. The number of hydrogen-bond donors (Lipinski definition) is 0. The van der Waals surface area contributed by atoms with Gasteiger partial charge in [0.25, 0.3) is 0 Å². The van der Waals surface area contributed by atoms with Gasteiger partial charge < -0.3 is 0 Å². The zero-order valence-electron chi connectivity index (χ0n) is 24.2. The van der Waals surface area contributed by atoms with Crippen LogP contribution in [0.3, 0.4) is 0 Å². The molecule has 1 aliphatic heterocycles. The van der Waals surface area contributed by atoms with E-state index in [0.29, 0.717) is 0 Å². The minimum absolute atomic E-state index is 0.00445. The number of rotatable bonds is 7. The van der Waals surface area contributed by atoms with Gasteiger partial charge in [0.2, 0.25) is 0 Å². The van der Waals surface area contributed by atoms with Gasteiger partial charge in [0.1, 0.15) is 10.6 Å². The number of halogens is 4. The lowest BCUT2D eigenvalue weighted by Crippen LogP contribution is -2.45. The number of hydrogen-bond acceptors (Lipinski definition) is 1. The molecule has 2 fully saturated rings. The molecular formula is C36H37F4NP2. The molecule has 0 spiro atoms. The highest BCUT2D eigenvalue weighted by Gasteiger charge is 2.63. The highest BCUT2D eigenvalue weighted by Crippen LogP contribution is 2.92. The van der Waals surface area contributed by atoms with E-state index in [2.05, 4.69) is 28.7 Å². The molecule has 0 unspecified atom stereocenters. The second kappa shape index (κ2) is 12.4. The van der Waals surface area contributed by atoms with E-state index in [1.54, 1.807) is 0 Å². The van der Waals surface area contributed by atoms with Gasteiger partial charge in [-0.05, 0) is 61.1 Å². The molecule has 0 radical (unpaired) electrons. The van der Waals surface area contributed by atoms with E-state index in [0.717, 1.165) is 68.2 Å². The summed E-state index contributed by atoms with van der Waals surface area (Å²) < 4.78 is 64.8. The predicted octanol–water partition coefficient (Wildman–Crippen LogP) is 10.6. The molecule has 4 aromatic rings. The van der Waals surface area contributed by atoms with Crippen LogP contribution in [-0.2, 0) is 0 Å². The second-order valence-corrected chi connectivity index (χ2v) is 18.5. The van der Waals surface area contributed by atoms with Gasteiger partial charge in [-0.15, -0.1) is 11.1 Å². The lowest BCUT2D eigenvalue weighted by Gasteiger charge is -2.54. The van der Waals surface area contributed by atoms with Crippen molar-refractivity contribution < 1.29 is 17.6 Å². The Hall–Kier alpha value is -2.58. The van der Waals surface area contributed by atoms with Gasteiger partial charge in [0.05, 0.1) is 24.8 Å². The van der Waals surface area contributed by atoms with Gasteiger partial charge in [0, 0.05) is 7.41 Å². The molecule has 1 saturated heterocycles. The van der Waals surface area contributed by atoms with Crippen LogP contribution in [0.4, 0.5) is 17.6 Å². The summed E-state index contributed by atoms with van der Waals surface area (Å²) in [4.78, 5) is 0. The predicted molar refractivity (Wildman–Crippen MR) is 173 cm³/mol. The quantitative estimate of drug-likeness (QED) is 0.113. The van der Waals surface area contributed by atoms with Crippen molar-refractivity contribution in [1.82, 2.24) is 4.44 Å². The van der Waals surface area contributed by atoms with Crippen LogP contribution in [0, 0.1) is 36.6 Å². The Bertz CT molecular complexity index is 1460. The fourth-order valence-corrected chi connectivity index (χ4v) is 18.6. The third-order valence-corrected chi connectivity index (χ3v) is 19.0. The van der Waals surface area contributed by atoms with Gasteiger partial charge >= 0.3 is 0 Å². The average molecular weight is 622 g/mol. The maximum absolute atomic E-state index is 16.2. The summed E-state index contributed by atoms with van der Waals surface area (Å²) in [6.45, 7) is 9.92. The summed E-state index contributed by atoms with van der Waals surface area (Å²) in [5.74, 6) is -4.14.